The highest BCUT2D eigenvalue weighted by Crippen LogP contribution is 2.49. The van der Waals surface area contributed by atoms with Gasteiger partial charge in [0, 0.05) is 35.0 Å². The summed E-state index contributed by atoms with van der Waals surface area (Å²) in [7, 11) is 0. The monoisotopic (exact) mass is 662 g/mol. The van der Waals surface area contributed by atoms with E-state index < -0.39 is 23.8 Å². The van der Waals surface area contributed by atoms with Crippen LogP contribution in [0.15, 0.2) is 24.3 Å². The summed E-state index contributed by atoms with van der Waals surface area (Å²) >= 11 is 0. The van der Waals surface area contributed by atoms with Crippen LogP contribution in [0, 0.1) is 35.3 Å². The van der Waals surface area contributed by atoms with Gasteiger partial charge in [-0.2, -0.15) is 0 Å². The van der Waals surface area contributed by atoms with Crippen molar-refractivity contribution in [3.63, 3.8) is 0 Å². The first kappa shape index (κ1) is 33.6. The van der Waals surface area contributed by atoms with Crippen molar-refractivity contribution in [1.82, 2.24) is 0 Å². The van der Waals surface area contributed by atoms with Crippen LogP contribution in [0.2, 0.25) is 0 Å². The Balaban J connectivity index is 0.997. The highest BCUT2D eigenvalue weighted by molar-refractivity contribution is 5.78. The molecule has 5 aliphatic rings. The molecule has 3 saturated carbocycles. The predicted molar refractivity (Wildman–Crippen MR) is 181 cm³/mol. The third kappa shape index (κ3) is 5.99. The molecule has 0 heterocycles. The van der Waals surface area contributed by atoms with Crippen molar-refractivity contribution in [2.75, 3.05) is 0 Å². The van der Waals surface area contributed by atoms with Crippen molar-refractivity contribution >= 4 is 11.9 Å². The molecule has 0 saturated heterocycles. The van der Waals surface area contributed by atoms with Gasteiger partial charge < -0.3 is 20.9 Å². The minimum absolute atomic E-state index is 0.0575. The molecular formula is C40H52F2N2O4. The molecule has 5 aliphatic carbocycles. The second-order valence-corrected chi connectivity index (χ2v) is 16.3. The lowest BCUT2D eigenvalue weighted by Crippen LogP contribution is -2.53. The zero-order valence-corrected chi connectivity index (χ0v) is 28.6. The molecule has 48 heavy (non-hydrogen) atoms. The van der Waals surface area contributed by atoms with Gasteiger partial charge in [0.2, 0.25) is 0 Å². The topological polar surface area (TPSA) is 105 Å². The number of carbonyl (C=O) groups excluding carboxylic acids is 2. The smallest absolute Gasteiger partial charge is 0.314 e. The lowest BCUT2D eigenvalue weighted by molar-refractivity contribution is -0.145. The average Bonchev–Trinajstić information content (AvgIpc) is 3.06. The van der Waals surface area contributed by atoms with Gasteiger partial charge in [-0.3, -0.25) is 9.59 Å². The van der Waals surface area contributed by atoms with E-state index in [4.69, 9.17) is 20.9 Å². The molecule has 0 aromatic heterocycles. The maximum atomic E-state index is 15.5. The van der Waals surface area contributed by atoms with E-state index in [0.717, 1.165) is 86.5 Å². The predicted octanol–water partition coefficient (Wildman–Crippen LogP) is 7.73. The number of halogens is 2. The molecule has 6 nitrogen and oxygen atoms in total. The van der Waals surface area contributed by atoms with E-state index in [-0.39, 0.29) is 57.9 Å². The summed E-state index contributed by atoms with van der Waals surface area (Å²) in [5, 5.41) is 0. The fraction of sp³-hybridized carbons (Fsp3) is 0.650. The van der Waals surface area contributed by atoms with Crippen molar-refractivity contribution < 1.29 is 27.8 Å². The van der Waals surface area contributed by atoms with Crippen molar-refractivity contribution in [1.29, 1.82) is 0 Å². The second-order valence-electron chi connectivity index (χ2n) is 16.3. The Morgan fingerprint density at radius 2 is 1.02 bits per heavy atom. The number of rotatable bonds is 4. The Hall–Kier alpha value is -2.84. The van der Waals surface area contributed by atoms with Crippen LogP contribution in [0.25, 0.3) is 0 Å². The van der Waals surface area contributed by atoms with Crippen molar-refractivity contribution in [3.05, 3.63) is 58.2 Å². The maximum Gasteiger partial charge on any atom is 0.314 e. The highest BCUT2D eigenvalue weighted by atomic mass is 19.1. The molecule has 2 aromatic rings. The van der Waals surface area contributed by atoms with E-state index in [9.17, 15) is 9.59 Å². The average molecular weight is 663 g/mol. The second kappa shape index (κ2) is 13.1. The van der Waals surface area contributed by atoms with E-state index >= 15 is 8.78 Å². The molecule has 0 spiro atoms. The first-order chi connectivity index (χ1) is 23.0. The van der Waals surface area contributed by atoms with Gasteiger partial charge in [-0.15, -0.1) is 0 Å². The molecule has 4 bridgehead atoms. The fourth-order valence-electron chi connectivity index (χ4n) is 10.2. The number of carbonyl (C=O) groups is 2. The van der Waals surface area contributed by atoms with Gasteiger partial charge in [-0.1, -0.05) is 52.4 Å². The number of benzene rings is 2. The van der Waals surface area contributed by atoms with E-state index in [0.29, 0.717) is 38.5 Å². The van der Waals surface area contributed by atoms with Crippen LogP contribution in [0.4, 0.5) is 8.78 Å². The summed E-state index contributed by atoms with van der Waals surface area (Å²) in [5.41, 5.74) is 16.1. The zero-order chi connectivity index (χ0) is 33.8. The SMILES string of the molecule is C[C@@]12CCCCC[C@@H](Cc3c(F)cc(OC(=O)C4CCC(C(=O)Oc5cc(F)c6c(c5)[C@@]5(C)CCCCC[C@@H](C6)[C@@H]5N)CC4)cc31)[C@@H]2N. The van der Waals surface area contributed by atoms with Crippen LogP contribution >= 0.6 is 0 Å². The van der Waals surface area contributed by atoms with Crippen LogP contribution in [-0.2, 0) is 33.3 Å². The number of fused-ring (bicyclic) bond motifs is 8. The summed E-state index contributed by atoms with van der Waals surface area (Å²) in [6.45, 7) is 4.28. The Labute approximate surface area is 283 Å². The Morgan fingerprint density at radius 1 is 0.625 bits per heavy atom. The number of nitrogens with two attached hydrogens (primary N) is 2. The van der Waals surface area contributed by atoms with Gasteiger partial charge in [0.05, 0.1) is 11.8 Å². The zero-order valence-electron chi connectivity index (χ0n) is 28.6. The van der Waals surface area contributed by atoms with Gasteiger partial charge in [0.1, 0.15) is 23.1 Å². The molecule has 0 unspecified atom stereocenters. The van der Waals surface area contributed by atoms with Gasteiger partial charge in [0.25, 0.3) is 0 Å². The molecule has 2 aromatic carbocycles. The lowest BCUT2D eigenvalue weighted by atomic mass is 9.60. The molecule has 3 fully saturated rings. The van der Waals surface area contributed by atoms with E-state index in [2.05, 4.69) is 13.8 Å². The quantitative estimate of drug-likeness (QED) is 0.257. The van der Waals surface area contributed by atoms with E-state index in [1.54, 1.807) is 0 Å². The largest absolute Gasteiger partial charge is 0.426 e. The fourth-order valence-corrected chi connectivity index (χ4v) is 10.2. The first-order valence-corrected chi connectivity index (χ1v) is 18.6. The first-order valence-electron chi connectivity index (χ1n) is 18.6. The van der Waals surface area contributed by atoms with Gasteiger partial charge >= 0.3 is 11.9 Å². The summed E-state index contributed by atoms with van der Waals surface area (Å²) in [6.07, 6.45) is 13.6. The summed E-state index contributed by atoms with van der Waals surface area (Å²) in [5.74, 6) is -1.28. The number of hydrogen-bond donors (Lipinski definition) is 2. The molecule has 0 amide bonds. The van der Waals surface area contributed by atoms with Crippen LogP contribution in [-0.4, -0.2) is 24.0 Å². The molecule has 260 valence electrons. The third-order valence-electron chi connectivity index (χ3n) is 13.4. The maximum absolute atomic E-state index is 15.5. The molecule has 7 rings (SSSR count). The van der Waals surface area contributed by atoms with E-state index in [1.165, 1.54) is 12.1 Å². The molecule has 6 atom stereocenters. The Kier molecular flexibility index (Phi) is 9.20. The minimum atomic E-state index is -0.402. The van der Waals surface area contributed by atoms with Gasteiger partial charge in [-0.25, -0.2) is 8.78 Å². The van der Waals surface area contributed by atoms with Crippen molar-refractivity contribution in [2.45, 2.75) is 139 Å². The highest BCUT2D eigenvalue weighted by Gasteiger charge is 2.46. The van der Waals surface area contributed by atoms with Crippen molar-refractivity contribution in [2.24, 2.45) is 35.1 Å². The van der Waals surface area contributed by atoms with Crippen LogP contribution in [0.1, 0.15) is 126 Å². The van der Waals surface area contributed by atoms with Crippen LogP contribution < -0.4 is 20.9 Å². The number of hydrogen-bond acceptors (Lipinski definition) is 6. The van der Waals surface area contributed by atoms with Gasteiger partial charge in [0.15, 0.2) is 0 Å². The Bertz CT molecular complexity index is 1460. The van der Waals surface area contributed by atoms with Crippen LogP contribution in [0.5, 0.6) is 11.5 Å². The third-order valence-corrected chi connectivity index (χ3v) is 13.4. The normalized spacial score (nSPS) is 34.7. The molecule has 4 N–H and O–H groups in total. The Morgan fingerprint density at radius 3 is 1.42 bits per heavy atom. The summed E-state index contributed by atoms with van der Waals surface area (Å²) in [4.78, 5) is 26.6. The lowest BCUT2D eigenvalue weighted by Gasteiger charge is -2.47. The molecule has 0 aliphatic heterocycles. The molecule has 8 heteroatoms. The number of esters is 2. The van der Waals surface area contributed by atoms with Crippen molar-refractivity contribution in [3.8, 4) is 11.5 Å². The van der Waals surface area contributed by atoms with Gasteiger partial charge in [-0.05, 0) is 110 Å². The summed E-state index contributed by atoms with van der Waals surface area (Å²) < 4.78 is 42.7. The van der Waals surface area contributed by atoms with Crippen LogP contribution in [0.3, 0.4) is 0 Å². The minimum Gasteiger partial charge on any atom is -0.426 e. The number of ether oxygens (including phenoxy) is 2. The molecule has 0 radical (unpaired) electrons. The standard InChI is InChI=1S/C40H52F2N2O4/c1-39-15-7-3-5-9-25(35(39)43)17-29-31(39)19-27(21-33(29)41)47-37(45)23-11-13-24(14-12-23)38(46)48-28-20-32-30(34(42)22-28)18-26-10-6-4-8-16-40(32,2)36(26)44/h19-26,35-36H,3-18,43-44H2,1-2H3/t23?,24?,25-,26-,35-,36-,39+,40+/m0/s1. The summed E-state index contributed by atoms with van der Waals surface area (Å²) in [6, 6.07) is 6.27. The molecular weight excluding hydrogens is 610 g/mol. The van der Waals surface area contributed by atoms with E-state index in [1.807, 2.05) is 12.1 Å².